The van der Waals surface area contributed by atoms with E-state index < -0.39 is 0 Å². The van der Waals surface area contributed by atoms with Crippen LogP contribution in [0.2, 0.25) is 10.0 Å². The van der Waals surface area contributed by atoms with Crippen molar-refractivity contribution < 1.29 is 0 Å². The maximum absolute atomic E-state index is 6.20. The van der Waals surface area contributed by atoms with Crippen molar-refractivity contribution in [2.75, 3.05) is 18.4 Å². The molecule has 0 saturated carbocycles. The number of H-pyrrole nitrogens is 1. The number of rotatable bonds is 3. The summed E-state index contributed by atoms with van der Waals surface area (Å²) < 4.78 is 0. The highest BCUT2D eigenvalue weighted by Gasteiger charge is 2.14. The summed E-state index contributed by atoms with van der Waals surface area (Å²) in [7, 11) is 0. The van der Waals surface area contributed by atoms with E-state index in [-0.39, 0.29) is 0 Å². The van der Waals surface area contributed by atoms with Gasteiger partial charge >= 0.3 is 0 Å². The first-order valence-electron chi connectivity index (χ1n) is 6.70. The lowest BCUT2D eigenvalue weighted by Gasteiger charge is -2.23. The number of aromatic amines is 1. The van der Waals surface area contributed by atoms with Gasteiger partial charge in [-0.25, -0.2) is 0 Å². The Kier molecular flexibility index (Phi) is 4.15. The molecular weight excluding hydrogens is 295 g/mol. The lowest BCUT2D eigenvalue weighted by atomic mass is 10.1. The third kappa shape index (κ3) is 3.08. The van der Waals surface area contributed by atoms with Gasteiger partial charge in [0.25, 0.3) is 0 Å². The molecule has 2 aromatic rings. The number of benzene rings is 1. The molecule has 1 aromatic heterocycles. The van der Waals surface area contributed by atoms with Crippen molar-refractivity contribution in [2.45, 2.75) is 18.9 Å². The van der Waals surface area contributed by atoms with Gasteiger partial charge in [-0.1, -0.05) is 23.2 Å². The molecule has 4 nitrogen and oxygen atoms in total. The number of aromatic nitrogens is 2. The van der Waals surface area contributed by atoms with E-state index in [0.717, 1.165) is 43.0 Å². The summed E-state index contributed by atoms with van der Waals surface area (Å²) >= 11 is 12.1. The molecule has 0 aliphatic carbocycles. The van der Waals surface area contributed by atoms with Crippen molar-refractivity contribution in [1.29, 1.82) is 0 Å². The number of nitrogens with one attached hydrogen (secondary N) is 3. The van der Waals surface area contributed by atoms with Crippen molar-refractivity contribution in [2.24, 2.45) is 0 Å². The smallest absolute Gasteiger partial charge is 0.148 e. The van der Waals surface area contributed by atoms with E-state index >= 15 is 0 Å². The molecule has 0 atom stereocenters. The zero-order valence-electron chi connectivity index (χ0n) is 10.9. The highest BCUT2D eigenvalue weighted by Crippen LogP contribution is 2.30. The predicted molar refractivity (Wildman–Crippen MR) is 83.6 cm³/mol. The second kappa shape index (κ2) is 6.04. The monoisotopic (exact) mass is 310 g/mol. The van der Waals surface area contributed by atoms with Gasteiger partial charge < -0.3 is 10.6 Å². The Bertz CT molecular complexity index is 591. The zero-order valence-corrected chi connectivity index (χ0v) is 12.4. The summed E-state index contributed by atoms with van der Waals surface area (Å²) in [5.41, 5.74) is 1.80. The SMILES string of the molecule is Clc1ccc(-c2cc(NC3CCNCC3)n[nH]2)c(Cl)c1. The van der Waals surface area contributed by atoms with Crippen LogP contribution in [-0.4, -0.2) is 29.3 Å². The number of anilines is 1. The minimum Gasteiger partial charge on any atom is -0.366 e. The molecule has 1 saturated heterocycles. The molecular formula is C14H16Cl2N4. The molecule has 0 bridgehead atoms. The molecule has 0 amide bonds. The zero-order chi connectivity index (χ0) is 13.9. The normalized spacial score (nSPS) is 16.3. The standard InChI is InChI=1S/C14H16Cl2N4/c15-9-1-2-11(12(16)7-9)13-8-14(20-19-13)18-10-3-5-17-6-4-10/h1-2,7-8,10,17H,3-6H2,(H2,18,19,20). The van der Waals surface area contributed by atoms with Crippen LogP contribution in [0, 0.1) is 0 Å². The third-order valence-corrected chi connectivity index (χ3v) is 4.04. The number of halogens is 2. The van der Waals surface area contributed by atoms with Gasteiger partial charge in [-0.3, -0.25) is 5.10 Å². The molecule has 20 heavy (non-hydrogen) atoms. The van der Waals surface area contributed by atoms with Gasteiger partial charge in [0.1, 0.15) is 5.82 Å². The number of nitrogens with zero attached hydrogens (tertiary/aromatic N) is 1. The van der Waals surface area contributed by atoms with E-state index in [1.165, 1.54) is 0 Å². The molecule has 0 spiro atoms. The van der Waals surface area contributed by atoms with Gasteiger partial charge in [0.05, 0.1) is 10.7 Å². The molecule has 2 heterocycles. The Morgan fingerprint density at radius 2 is 1.95 bits per heavy atom. The van der Waals surface area contributed by atoms with Gasteiger partial charge in [-0.05, 0) is 44.1 Å². The molecule has 1 aliphatic heterocycles. The molecule has 1 fully saturated rings. The summed E-state index contributed by atoms with van der Waals surface area (Å²) in [5.74, 6) is 0.859. The van der Waals surface area contributed by atoms with Crippen LogP contribution in [0.15, 0.2) is 24.3 Å². The summed E-state index contributed by atoms with van der Waals surface area (Å²) in [4.78, 5) is 0. The lowest BCUT2D eigenvalue weighted by Crippen LogP contribution is -2.35. The Labute approximate surface area is 127 Å². The highest BCUT2D eigenvalue weighted by molar-refractivity contribution is 6.36. The van der Waals surface area contributed by atoms with Gasteiger partial charge in [-0.15, -0.1) is 0 Å². The van der Waals surface area contributed by atoms with E-state index in [1.807, 2.05) is 18.2 Å². The third-order valence-electron chi connectivity index (χ3n) is 3.49. The molecule has 3 rings (SSSR count). The fraction of sp³-hybridized carbons (Fsp3) is 0.357. The van der Waals surface area contributed by atoms with Crippen molar-refractivity contribution >= 4 is 29.0 Å². The van der Waals surface area contributed by atoms with Crippen molar-refractivity contribution in [1.82, 2.24) is 15.5 Å². The molecule has 6 heteroatoms. The van der Waals surface area contributed by atoms with Crippen LogP contribution in [0.4, 0.5) is 5.82 Å². The first kappa shape index (κ1) is 13.7. The van der Waals surface area contributed by atoms with Gasteiger partial charge in [-0.2, -0.15) is 5.10 Å². The van der Waals surface area contributed by atoms with Gasteiger partial charge in [0, 0.05) is 22.7 Å². The second-order valence-corrected chi connectivity index (χ2v) is 5.80. The van der Waals surface area contributed by atoms with E-state index in [0.29, 0.717) is 16.1 Å². The molecule has 3 N–H and O–H groups in total. The quantitative estimate of drug-likeness (QED) is 0.812. The number of hydrogen-bond acceptors (Lipinski definition) is 3. The minimum atomic E-state index is 0.480. The van der Waals surface area contributed by atoms with E-state index in [4.69, 9.17) is 23.2 Å². The maximum atomic E-state index is 6.20. The highest BCUT2D eigenvalue weighted by atomic mass is 35.5. The molecule has 106 valence electrons. The Morgan fingerprint density at radius 3 is 2.70 bits per heavy atom. The minimum absolute atomic E-state index is 0.480. The Morgan fingerprint density at radius 1 is 1.15 bits per heavy atom. The average molecular weight is 311 g/mol. The van der Waals surface area contributed by atoms with Crippen LogP contribution in [-0.2, 0) is 0 Å². The van der Waals surface area contributed by atoms with Crippen LogP contribution in [0.5, 0.6) is 0 Å². The summed E-state index contributed by atoms with van der Waals surface area (Å²) in [6, 6.07) is 7.92. The van der Waals surface area contributed by atoms with Crippen molar-refractivity contribution in [3.05, 3.63) is 34.3 Å². The van der Waals surface area contributed by atoms with Gasteiger partial charge in [0.15, 0.2) is 0 Å². The Hall–Kier alpha value is -1.23. The van der Waals surface area contributed by atoms with Crippen LogP contribution in [0.1, 0.15) is 12.8 Å². The molecule has 1 aromatic carbocycles. The Balaban J connectivity index is 1.75. The number of hydrogen-bond donors (Lipinski definition) is 3. The first-order valence-corrected chi connectivity index (χ1v) is 7.46. The van der Waals surface area contributed by atoms with E-state index in [9.17, 15) is 0 Å². The lowest BCUT2D eigenvalue weighted by molar-refractivity contribution is 0.478. The summed E-state index contributed by atoms with van der Waals surface area (Å²) in [6.45, 7) is 2.11. The first-order chi connectivity index (χ1) is 9.72. The largest absolute Gasteiger partial charge is 0.366 e. The van der Waals surface area contributed by atoms with Crippen molar-refractivity contribution in [3.63, 3.8) is 0 Å². The van der Waals surface area contributed by atoms with Crippen LogP contribution in [0.3, 0.4) is 0 Å². The fourth-order valence-corrected chi connectivity index (χ4v) is 2.93. The molecule has 1 aliphatic rings. The summed E-state index contributed by atoms with van der Waals surface area (Å²) in [6.07, 6.45) is 2.23. The molecule has 0 unspecified atom stereocenters. The van der Waals surface area contributed by atoms with Crippen molar-refractivity contribution in [3.8, 4) is 11.3 Å². The maximum Gasteiger partial charge on any atom is 0.148 e. The second-order valence-electron chi connectivity index (χ2n) is 4.96. The number of piperidine rings is 1. The van der Waals surface area contributed by atoms with E-state index in [2.05, 4.69) is 20.8 Å². The van der Waals surface area contributed by atoms with Crippen LogP contribution in [0.25, 0.3) is 11.3 Å². The average Bonchev–Trinajstić information content (AvgIpc) is 2.88. The van der Waals surface area contributed by atoms with Crippen LogP contribution < -0.4 is 10.6 Å². The fourth-order valence-electron chi connectivity index (χ4n) is 2.42. The topological polar surface area (TPSA) is 52.7 Å². The predicted octanol–water partition coefficient (Wildman–Crippen LogP) is 3.55. The van der Waals surface area contributed by atoms with Crippen LogP contribution >= 0.6 is 23.2 Å². The summed E-state index contributed by atoms with van der Waals surface area (Å²) in [5, 5.41) is 15.4. The molecule has 0 radical (unpaired) electrons. The van der Waals surface area contributed by atoms with E-state index in [1.54, 1.807) is 6.07 Å². The van der Waals surface area contributed by atoms with Gasteiger partial charge in [0.2, 0.25) is 0 Å².